The predicted octanol–water partition coefficient (Wildman–Crippen LogP) is 1.000. The molecule has 2 amide bonds. The number of benzene rings is 1. The number of nitrogens with two attached hydrogens (primary N) is 1. The van der Waals surface area contributed by atoms with E-state index in [9.17, 15) is 14.7 Å². The highest BCUT2D eigenvalue weighted by molar-refractivity contribution is 7.03. The molecule has 1 saturated heterocycles. The SMILES string of the molecule is NC(=O)c1ccc2c3c1O[C@H]1[C@H](NC(=O)c4csnn4)CC[C@@]4(O)[C@@H](C2)N(CC2CC2)CC[C@]314. The van der Waals surface area contributed by atoms with Crippen molar-refractivity contribution < 1.29 is 19.4 Å². The van der Waals surface area contributed by atoms with Crippen molar-refractivity contribution in [2.24, 2.45) is 11.7 Å². The van der Waals surface area contributed by atoms with Gasteiger partial charge in [0.15, 0.2) is 5.69 Å². The van der Waals surface area contributed by atoms with Crippen LogP contribution in [-0.4, -0.2) is 68.3 Å². The summed E-state index contributed by atoms with van der Waals surface area (Å²) in [4.78, 5) is 27.7. The van der Waals surface area contributed by atoms with Gasteiger partial charge in [0.05, 0.1) is 22.6 Å². The second-order valence-electron chi connectivity index (χ2n) is 10.6. The second-order valence-corrected chi connectivity index (χ2v) is 11.2. The fourth-order valence-corrected chi connectivity index (χ4v) is 7.78. The molecule has 2 bridgehead atoms. The first-order valence-electron chi connectivity index (χ1n) is 12.1. The first-order valence-corrected chi connectivity index (χ1v) is 12.9. The van der Waals surface area contributed by atoms with Crippen LogP contribution in [0.25, 0.3) is 0 Å². The zero-order chi connectivity index (χ0) is 23.2. The lowest BCUT2D eigenvalue weighted by Gasteiger charge is -2.64. The Labute approximate surface area is 200 Å². The maximum absolute atomic E-state index is 12.9. The molecule has 9 nitrogen and oxygen atoms in total. The van der Waals surface area contributed by atoms with Gasteiger partial charge >= 0.3 is 0 Å². The van der Waals surface area contributed by atoms with Crippen molar-refractivity contribution in [3.05, 3.63) is 39.9 Å². The number of aliphatic hydroxyl groups is 1. The maximum Gasteiger partial charge on any atom is 0.273 e. The van der Waals surface area contributed by atoms with Gasteiger partial charge in [0, 0.05) is 23.5 Å². The van der Waals surface area contributed by atoms with E-state index in [1.807, 2.05) is 6.07 Å². The molecule has 1 aromatic heterocycles. The number of hydrogen-bond acceptors (Lipinski definition) is 8. The molecule has 5 aliphatic rings. The Bertz CT molecular complexity index is 1200. The molecule has 2 saturated carbocycles. The first kappa shape index (κ1) is 20.8. The fraction of sp³-hybridized carbons (Fsp3) is 0.583. The van der Waals surface area contributed by atoms with Gasteiger partial charge in [-0.25, -0.2) is 0 Å². The number of carbonyl (C=O) groups is 2. The lowest BCUT2D eigenvalue weighted by molar-refractivity contribution is -0.191. The van der Waals surface area contributed by atoms with Crippen molar-refractivity contribution in [3.8, 4) is 5.75 Å². The summed E-state index contributed by atoms with van der Waals surface area (Å²) >= 11 is 1.13. The summed E-state index contributed by atoms with van der Waals surface area (Å²) in [6.07, 6.45) is 4.62. The van der Waals surface area contributed by atoms with Gasteiger partial charge in [-0.1, -0.05) is 10.6 Å². The first-order chi connectivity index (χ1) is 16.4. The lowest BCUT2D eigenvalue weighted by atomic mass is 9.48. The molecule has 1 aromatic carbocycles. The van der Waals surface area contributed by atoms with E-state index in [0.29, 0.717) is 30.6 Å². The van der Waals surface area contributed by atoms with Crippen molar-refractivity contribution in [2.45, 2.75) is 67.7 Å². The van der Waals surface area contributed by atoms with Crippen LogP contribution in [-0.2, 0) is 11.8 Å². The molecule has 4 N–H and O–H groups in total. The number of nitrogens with one attached hydrogen (secondary N) is 1. The number of primary amides is 1. The summed E-state index contributed by atoms with van der Waals surface area (Å²) in [5.74, 6) is 0.386. The molecule has 10 heteroatoms. The van der Waals surface area contributed by atoms with Crippen molar-refractivity contribution in [3.63, 3.8) is 0 Å². The van der Waals surface area contributed by atoms with Crippen LogP contribution >= 0.6 is 11.5 Å². The summed E-state index contributed by atoms with van der Waals surface area (Å²) in [6, 6.07) is 3.40. The Morgan fingerprint density at radius 3 is 2.88 bits per heavy atom. The minimum atomic E-state index is -0.997. The standard InChI is InChI=1S/C24H27N5O4S/c25-21(30)14-4-3-13-9-17-24(32)6-5-15(26-22(31)16-11-34-28-27-16)20-23(24,18(13)19(14)33-20)7-8-29(17)10-12-1-2-12/h3-4,11-12,15,17,20,32H,1-2,5-10H2,(H2,25,30)(H,26,31)/t15-,17-,20+,23+,24-/m1/s1. The Kier molecular flexibility index (Phi) is 4.27. The normalized spacial score (nSPS) is 35.4. The van der Waals surface area contributed by atoms with Crippen molar-refractivity contribution >= 4 is 23.3 Å². The van der Waals surface area contributed by atoms with Gasteiger partial charge < -0.3 is 20.9 Å². The van der Waals surface area contributed by atoms with Crippen molar-refractivity contribution in [1.29, 1.82) is 0 Å². The number of nitrogens with zero attached hydrogens (tertiary/aromatic N) is 3. The van der Waals surface area contributed by atoms with E-state index in [1.165, 1.54) is 12.8 Å². The van der Waals surface area contributed by atoms with Crippen molar-refractivity contribution in [2.75, 3.05) is 13.1 Å². The molecule has 178 valence electrons. The van der Waals surface area contributed by atoms with Crippen LogP contribution in [0.2, 0.25) is 0 Å². The van der Waals surface area contributed by atoms with Gasteiger partial charge in [0.2, 0.25) is 0 Å². The second kappa shape index (κ2) is 6.99. The van der Waals surface area contributed by atoms with E-state index in [4.69, 9.17) is 10.5 Å². The highest BCUT2D eigenvalue weighted by atomic mass is 32.1. The minimum Gasteiger partial charge on any atom is -0.486 e. The summed E-state index contributed by atoms with van der Waals surface area (Å²) in [5.41, 5.74) is 6.72. The van der Waals surface area contributed by atoms with Crippen LogP contribution in [0.15, 0.2) is 17.5 Å². The predicted molar refractivity (Wildman–Crippen MR) is 123 cm³/mol. The minimum absolute atomic E-state index is 0.00906. The van der Waals surface area contributed by atoms with Gasteiger partial charge in [-0.2, -0.15) is 0 Å². The third-order valence-corrected chi connectivity index (χ3v) is 9.46. The molecule has 7 rings (SSSR count). The molecule has 5 atom stereocenters. The summed E-state index contributed by atoms with van der Waals surface area (Å²) in [5, 5.41) is 21.1. The molecule has 34 heavy (non-hydrogen) atoms. The van der Waals surface area contributed by atoms with E-state index in [-0.39, 0.29) is 23.7 Å². The number of aromatic nitrogens is 2. The Hall–Kier alpha value is -2.56. The van der Waals surface area contributed by atoms with Crippen LogP contribution in [0.3, 0.4) is 0 Å². The monoisotopic (exact) mass is 481 g/mol. The van der Waals surface area contributed by atoms with Crippen LogP contribution in [0.4, 0.5) is 0 Å². The fourth-order valence-electron chi connectivity index (χ4n) is 7.34. The van der Waals surface area contributed by atoms with Gasteiger partial charge in [0.25, 0.3) is 11.8 Å². The van der Waals surface area contributed by atoms with E-state index < -0.39 is 23.0 Å². The van der Waals surface area contributed by atoms with E-state index in [1.54, 1.807) is 11.4 Å². The number of rotatable bonds is 5. The van der Waals surface area contributed by atoms with Gasteiger partial charge in [-0.3, -0.25) is 14.5 Å². The highest BCUT2D eigenvalue weighted by Crippen LogP contribution is 2.64. The van der Waals surface area contributed by atoms with Crippen LogP contribution in [0, 0.1) is 5.92 Å². The van der Waals surface area contributed by atoms with Crippen LogP contribution in [0.1, 0.15) is 64.1 Å². The summed E-state index contributed by atoms with van der Waals surface area (Å²) < 4.78 is 10.4. The molecule has 2 aromatic rings. The Morgan fingerprint density at radius 2 is 2.15 bits per heavy atom. The Balaban J connectivity index is 1.35. The highest BCUT2D eigenvalue weighted by Gasteiger charge is 2.73. The number of likely N-dealkylation sites (tertiary alicyclic amines) is 1. The number of piperidine rings is 1. The zero-order valence-electron chi connectivity index (χ0n) is 18.7. The molecule has 0 unspecified atom stereocenters. The third-order valence-electron chi connectivity index (χ3n) is 8.96. The molecule has 1 spiro atoms. The molecule has 3 heterocycles. The van der Waals surface area contributed by atoms with Gasteiger partial charge in [-0.05, 0) is 74.1 Å². The maximum atomic E-state index is 12.9. The number of ether oxygens (including phenoxy) is 1. The molecule has 3 fully saturated rings. The molecule has 3 aliphatic carbocycles. The molecule has 0 radical (unpaired) electrons. The third kappa shape index (κ3) is 2.61. The molecule has 2 aliphatic heterocycles. The quantitative estimate of drug-likeness (QED) is 0.581. The average molecular weight is 482 g/mol. The zero-order valence-corrected chi connectivity index (χ0v) is 19.5. The van der Waals surface area contributed by atoms with E-state index in [2.05, 4.69) is 19.8 Å². The summed E-state index contributed by atoms with van der Waals surface area (Å²) in [6.45, 7) is 1.88. The van der Waals surface area contributed by atoms with Crippen LogP contribution in [0.5, 0.6) is 5.75 Å². The van der Waals surface area contributed by atoms with E-state index >= 15 is 0 Å². The summed E-state index contributed by atoms with van der Waals surface area (Å²) in [7, 11) is 0. The lowest BCUT2D eigenvalue weighted by Crippen LogP contribution is -2.78. The topological polar surface area (TPSA) is 131 Å². The van der Waals surface area contributed by atoms with Gasteiger partial charge in [-0.15, -0.1) is 5.10 Å². The Morgan fingerprint density at radius 1 is 1.29 bits per heavy atom. The van der Waals surface area contributed by atoms with Crippen LogP contribution < -0.4 is 15.8 Å². The van der Waals surface area contributed by atoms with E-state index in [0.717, 1.165) is 48.1 Å². The van der Waals surface area contributed by atoms with Crippen molar-refractivity contribution in [1.82, 2.24) is 19.8 Å². The average Bonchev–Trinajstić information content (AvgIpc) is 3.30. The number of amides is 2. The largest absolute Gasteiger partial charge is 0.486 e. The molecular formula is C24H27N5O4S. The van der Waals surface area contributed by atoms with Gasteiger partial charge in [0.1, 0.15) is 11.9 Å². The smallest absolute Gasteiger partial charge is 0.273 e. The number of hydrogen-bond donors (Lipinski definition) is 3. The number of carbonyl (C=O) groups excluding carboxylic acids is 2. The molecular weight excluding hydrogens is 454 g/mol.